The summed E-state index contributed by atoms with van der Waals surface area (Å²) in [5.41, 5.74) is 0.890. The average molecular weight is 275 g/mol. The quantitative estimate of drug-likeness (QED) is 0.756. The number of ether oxygens (including phenoxy) is 1. The molecule has 0 radical (unpaired) electrons. The van der Waals surface area contributed by atoms with Crippen LogP contribution in [0.3, 0.4) is 0 Å². The zero-order valence-electron chi connectivity index (χ0n) is 11.6. The van der Waals surface area contributed by atoms with Gasteiger partial charge in [0.25, 0.3) is 5.78 Å². The van der Waals surface area contributed by atoms with E-state index >= 15 is 0 Å². The first kappa shape index (κ1) is 12.8. The van der Waals surface area contributed by atoms with Gasteiger partial charge in [-0.25, -0.2) is 4.98 Å². The smallest absolute Gasteiger partial charge is 0.310 e. The average Bonchev–Trinajstić information content (AvgIpc) is 2.93. The minimum Gasteiger partial charge on any atom is -0.469 e. The van der Waals surface area contributed by atoms with Crippen molar-refractivity contribution in [1.29, 1.82) is 0 Å². The van der Waals surface area contributed by atoms with Crippen molar-refractivity contribution in [3.63, 3.8) is 0 Å². The van der Waals surface area contributed by atoms with E-state index in [1.54, 1.807) is 4.52 Å². The van der Waals surface area contributed by atoms with Crippen molar-refractivity contribution in [2.45, 2.75) is 19.8 Å². The Morgan fingerprint density at radius 2 is 2.35 bits per heavy atom. The number of carbonyl (C=O) groups excluding carboxylic acids is 1. The minimum absolute atomic E-state index is 0.0826. The summed E-state index contributed by atoms with van der Waals surface area (Å²) < 4.78 is 6.57. The number of piperidine rings is 1. The Balaban J connectivity index is 1.94. The molecule has 1 atom stereocenters. The Morgan fingerprint density at radius 1 is 1.50 bits per heavy atom. The highest BCUT2D eigenvalue weighted by atomic mass is 16.5. The number of rotatable bonds is 2. The maximum atomic E-state index is 11.7. The van der Waals surface area contributed by atoms with Crippen LogP contribution in [0.2, 0.25) is 0 Å². The number of carbonyl (C=O) groups is 1. The van der Waals surface area contributed by atoms with Gasteiger partial charge in [0.2, 0.25) is 0 Å². The van der Waals surface area contributed by atoms with Gasteiger partial charge in [-0.1, -0.05) is 0 Å². The lowest BCUT2D eigenvalue weighted by molar-refractivity contribution is -0.145. The Kier molecular flexibility index (Phi) is 3.25. The van der Waals surface area contributed by atoms with Gasteiger partial charge in [0, 0.05) is 24.8 Å². The molecule has 0 unspecified atom stereocenters. The summed E-state index contributed by atoms with van der Waals surface area (Å²) >= 11 is 0. The topological polar surface area (TPSA) is 72.6 Å². The van der Waals surface area contributed by atoms with E-state index < -0.39 is 0 Å². The van der Waals surface area contributed by atoms with Gasteiger partial charge < -0.3 is 9.64 Å². The lowest BCUT2D eigenvalue weighted by Crippen LogP contribution is -2.40. The van der Waals surface area contributed by atoms with Crippen LogP contribution in [-0.4, -0.2) is 45.8 Å². The number of fused-ring (bicyclic) bond motifs is 1. The molecule has 1 aliphatic rings. The van der Waals surface area contributed by atoms with Crippen molar-refractivity contribution in [3.8, 4) is 0 Å². The fraction of sp³-hybridized carbons (Fsp3) is 0.538. The summed E-state index contributed by atoms with van der Waals surface area (Å²) in [5.74, 6) is 1.29. The molecule has 2 aromatic rings. The summed E-state index contributed by atoms with van der Waals surface area (Å²) in [5, 5.41) is 4.21. The molecule has 20 heavy (non-hydrogen) atoms. The van der Waals surface area contributed by atoms with E-state index in [1.807, 2.05) is 13.0 Å². The molecule has 1 fully saturated rings. The highest BCUT2D eigenvalue weighted by Crippen LogP contribution is 2.24. The van der Waals surface area contributed by atoms with Crippen LogP contribution in [0.25, 0.3) is 5.78 Å². The van der Waals surface area contributed by atoms with Crippen molar-refractivity contribution < 1.29 is 9.53 Å². The molecule has 0 spiro atoms. The first-order valence-corrected chi connectivity index (χ1v) is 6.69. The number of hydrogen-bond donors (Lipinski definition) is 0. The Bertz CT molecular complexity index is 639. The van der Waals surface area contributed by atoms with Gasteiger partial charge in [0.05, 0.1) is 13.0 Å². The lowest BCUT2D eigenvalue weighted by atomic mass is 9.98. The van der Waals surface area contributed by atoms with E-state index in [1.165, 1.54) is 13.4 Å². The predicted octanol–water partition coefficient (Wildman–Crippen LogP) is 0.822. The van der Waals surface area contributed by atoms with Crippen molar-refractivity contribution in [3.05, 3.63) is 18.1 Å². The molecule has 7 heteroatoms. The van der Waals surface area contributed by atoms with Crippen LogP contribution < -0.4 is 4.90 Å². The van der Waals surface area contributed by atoms with E-state index in [0.717, 1.165) is 30.9 Å². The molecular weight excluding hydrogens is 258 g/mol. The highest BCUT2D eigenvalue weighted by molar-refractivity contribution is 5.73. The van der Waals surface area contributed by atoms with Crippen LogP contribution in [0.1, 0.15) is 18.5 Å². The standard InChI is InChI=1S/C13H17N5O2/c1-9-6-11(18-13(16-9)14-8-15-18)17-5-3-4-10(7-17)12(19)20-2/h6,8,10H,3-5,7H2,1-2H3/t10-/m0/s1. The molecule has 1 aliphatic heterocycles. The van der Waals surface area contributed by atoms with Crippen molar-refractivity contribution >= 4 is 17.6 Å². The van der Waals surface area contributed by atoms with Crippen molar-refractivity contribution in [1.82, 2.24) is 19.6 Å². The van der Waals surface area contributed by atoms with Gasteiger partial charge in [0.15, 0.2) is 0 Å². The van der Waals surface area contributed by atoms with Crippen LogP contribution in [0.4, 0.5) is 5.82 Å². The van der Waals surface area contributed by atoms with Gasteiger partial charge in [0.1, 0.15) is 12.1 Å². The van der Waals surface area contributed by atoms with E-state index in [-0.39, 0.29) is 11.9 Å². The number of nitrogens with zero attached hydrogens (tertiary/aromatic N) is 5. The fourth-order valence-corrected chi connectivity index (χ4v) is 2.68. The normalized spacial score (nSPS) is 19.3. The monoisotopic (exact) mass is 275 g/mol. The van der Waals surface area contributed by atoms with Crippen LogP contribution in [-0.2, 0) is 9.53 Å². The zero-order valence-corrected chi connectivity index (χ0v) is 11.6. The second kappa shape index (κ2) is 5.07. The van der Waals surface area contributed by atoms with Crippen molar-refractivity contribution in [2.24, 2.45) is 5.92 Å². The zero-order chi connectivity index (χ0) is 14.1. The minimum atomic E-state index is -0.143. The SMILES string of the molecule is COC(=O)[C@H]1CCCN(c2cc(C)nc3ncnn23)C1. The van der Waals surface area contributed by atoms with E-state index in [0.29, 0.717) is 12.3 Å². The molecule has 3 rings (SSSR count). The van der Waals surface area contributed by atoms with Gasteiger partial charge >= 0.3 is 5.97 Å². The van der Waals surface area contributed by atoms with E-state index in [4.69, 9.17) is 4.74 Å². The molecule has 0 amide bonds. The summed E-state index contributed by atoms with van der Waals surface area (Å²) in [7, 11) is 1.44. The van der Waals surface area contributed by atoms with Gasteiger partial charge in [-0.3, -0.25) is 4.79 Å². The summed E-state index contributed by atoms with van der Waals surface area (Å²) in [4.78, 5) is 22.3. The maximum Gasteiger partial charge on any atom is 0.310 e. The molecule has 0 bridgehead atoms. The molecule has 1 saturated heterocycles. The van der Waals surface area contributed by atoms with Gasteiger partial charge in [-0.05, 0) is 19.8 Å². The third kappa shape index (κ3) is 2.19. The fourth-order valence-electron chi connectivity index (χ4n) is 2.68. The number of aromatic nitrogens is 4. The number of esters is 1. The summed E-state index contributed by atoms with van der Waals surface area (Å²) in [6.07, 6.45) is 3.32. The third-order valence-electron chi connectivity index (χ3n) is 3.64. The molecular formula is C13H17N5O2. The molecule has 106 valence electrons. The molecule has 3 heterocycles. The third-order valence-corrected chi connectivity index (χ3v) is 3.64. The molecule has 2 aromatic heterocycles. The predicted molar refractivity (Wildman–Crippen MR) is 72.5 cm³/mol. The van der Waals surface area contributed by atoms with Crippen LogP contribution in [0.5, 0.6) is 0 Å². The summed E-state index contributed by atoms with van der Waals surface area (Å²) in [6.45, 7) is 3.47. The number of anilines is 1. The van der Waals surface area contributed by atoms with Crippen molar-refractivity contribution in [2.75, 3.05) is 25.1 Å². The Morgan fingerprint density at radius 3 is 3.15 bits per heavy atom. The van der Waals surface area contributed by atoms with E-state index in [9.17, 15) is 4.79 Å². The largest absolute Gasteiger partial charge is 0.469 e. The highest BCUT2D eigenvalue weighted by Gasteiger charge is 2.28. The van der Waals surface area contributed by atoms with Gasteiger partial charge in [-0.15, -0.1) is 0 Å². The number of hydrogen-bond acceptors (Lipinski definition) is 6. The molecule has 0 aliphatic carbocycles. The van der Waals surface area contributed by atoms with E-state index in [2.05, 4.69) is 20.0 Å². The van der Waals surface area contributed by atoms with Crippen LogP contribution in [0.15, 0.2) is 12.4 Å². The summed E-state index contributed by atoms with van der Waals surface area (Å²) in [6, 6.07) is 1.97. The Labute approximate surface area is 116 Å². The molecule has 0 N–H and O–H groups in total. The van der Waals surface area contributed by atoms with Gasteiger partial charge in [-0.2, -0.15) is 14.6 Å². The second-order valence-corrected chi connectivity index (χ2v) is 5.04. The second-order valence-electron chi connectivity index (χ2n) is 5.04. The molecule has 0 aromatic carbocycles. The first-order valence-electron chi connectivity index (χ1n) is 6.69. The van der Waals surface area contributed by atoms with Crippen LogP contribution in [0, 0.1) is 12.8 Å². The Hall–Kier alpha value is -2.18. The number of aryl methyl sites for hydroxylation is 1. The molecule has 7 nitrogen and oxygen atoms in total. The number of methoxy groups -OCH3 is 1. The lowest BCUT2D eigenvalue weighted by Gasteiger charge is -2.32. The molecule has 0 saturated carbocycles. The van der Waals surface area contributed by atoms with Crippen LogP contribution >= 0.6 is 0 Å². The first-order chi connectivity index (χ1) is 9.69. The maximum absolute atomic E-state index is 11.7.